The lowest BCUT2D eigenvalue weighted by Crippen LogP contribution is -2.19. The van der Waals surface area contributed by atoms with Crippen LogP contribution in [0.2, 0.25) is 0 Å². The van der Waals surface area contributed by atoms with E-state index >= 15 is 0 Å². The molecule has 4 aromatic rings. The highest BCUT2D eigenvalue weighted by Gasteiger charge is 2.10. The van der Waals surface area contributed by atoms with Crippen LogP contribution in [0, 0.1) is 0 Å². The van der Waals surface area contributed by atoms with Gasteiger partial charge in [-0.1, -0.05) is 42.5 Å². The average molecular weight is 370 g/mol. The topological polar surface area (TPSA) is 88.0 Å². The fraction of sp³-hybridized carbons (Fsp3) is 0.0476. The molecule has 0 aliphatic carbocycles. The number of carbonyl (C=O) groups is 1. The number of carbonyl (C=O) groups excluding carboxylic acids is 1. The van der Waals surface area contributed by atoms with Gasteiger partial charge in [0.15, 0.2) is 0 Å². The molecule has 0 unspecified atom stereocenters. The predicted octanol–water partition coefficient (Wildman–Crippen LogP) is 3.42. The third-order valence-electron chi connectivity index (χ3n) is 4.30. The number of amides is 1. The Kier molecular flexibility index (Phi) is 4.79. The Morgan fingerprint density at radius 3 is 2.61 bits per heavy atom. The highest BCUT2D eigenvalue weighted by Crippen LogP contribution is 2.16. The van der Waals surface area contributed by atoms with Crippen LogP contribution >= 0.6 is 0 Å². The van der Waals surface area contributed by atoms with Gasteiger partial charge in [0.05, 0.1) is 17.7 Å². The number of aromatic amines is 1. The van der Waals surface area contributed by atoms with Crippen LogP contribution in [0.4, 0.5) is 0 Å². The molecule has 2 heterocycles. The van der Waals surface area contributed by atoms with E-state index in [1.807, 2.05) is 72.3 Å². The van der Waals surface area contributed by atoms with E-state index in [0.29, 0.717) is 17.1 Å². The van der Waals surface area contributed by atoms with E-state index in [-0.39, 0.29) is 5.91 Å². The minimum absolute atomic E-state index is 0.343. The molecule has 0 aliphatic rings. The summed E-state index contributed by atoms with van der Waals surface area (Å²) in [6, 6.07) is 19.2. The van der Waals surface area contributed by atoms with Gasteiger partial charge in [-0.15, -0.1) is 0 Å². The Hall–Kier alpha value is -4.00. The van der Waals surface area contributed by atoms with Crippen molar-refractivity contribution in [2.45, 2.75) is 6.92 Å². The number of nitrogens with zero attached hydrogens (tertiary/aromatic N) is 4. The molecule has 0 fully saturated rings. The van der Waals surface area contributed by atoms with Gasteiger partial charge in [-0.05, 0) is 30.7 Å². The number of aromatic nitrogens is 4. The number of hydrogen-bond acceptors (Lipinski definition) is 4. The van der Waals surface area contributed by atoms with Crippen LogP contribution in [-0.4, -0.2) is 31.4 Å². The molecule has 4 rings (SSSR count). The van der Waals surface area contributed by atoms with Crippen molar-refractivity contribution in [1.29, 1.82) is 0 Å². The number of H-pyrrole nitrogens is 1. The molecule has 7 heteroatoms. The van der Waals surface area contributed by atoms with Gasteiger partial charge in [-0.25, -0.2) is 10.4 Å². The van der Waals surface area contributed by atoms with Crippen LogP contribution in [0.3, 0.4) is 0 Å². The molecule has 0 atom stereocenters. The summed E-state index contributed by atoms with van der Waals surface area (Å²) in [4.78, 5) is 16.4. The molecule has 0 saturated heterocycles. The third-order valence-corrected chi connectivity index (χ3v) is 4.30. The summed E-state index contributed by atoms with van der Waals surface area (Å²) in [5, 5.41) is 11.1. The zero-order chi connectivity index (χ0) is 19.3. The van der Waals surface area contributed by atoms with Crippen LogP contribution in [0.25, 0.3) is 16.9 Å². The quantitative estimate of drug-likeness (QED) is 0.417. The van der Waals surface area contributed by atoms with Gasteiger partial charge < -0.3 is 4.57 Å². The minimum Gasteiger partial charge on any atom is -0.306 e. The maximum absolute atomic E-state index is 12.3. The van der Waals surface area contributed by atoms with Crippen molar-refractivity contribution in [1.82, 2.24) is 25.2 Å². The number of rotatable bonds is 5. The van der Waals surface area contributed by atoms with Gasteiger partial charge >= 0.3 is 0 Å². The number of hydrazone groups is 1. The molecular weight excluding hydrogens is 352 g/mol. The number of nitrogens with one attached hydrogen (secondary N) is 2. The summed E-state index contributed by atoms with van der Waals surface area (Å²) in [7, 11) is 0. The van der Waals surface area contributed by atoms with E-state index < -0.39 is 0 Å². The van der Waals surface area contributed by atoms with Gasteiger partial charge in [0.2, 0.25) is 0 Å². The van der Waals surface area contributed by atoms with Gasteiger partial charge in [0.25, 0.3) is 5.91 Å². The Labute approximate surface area is 161 Å². The minimum atomic E-state index is -0.343. The molecular formula is C21H18N6O. The van der Waals surface area contributed by atoms with Crippen molar-refractivity contribution in [3.63, 3.8) is 0 Å². The molecule has 2 N–H and O–H groups in total. The van der Waals surface area contributed by atoms with Crippen molar-refractivity contribution < 1.29 is 4.79 Å². The Balaban J connectivity index is 1.43. The maximum Gasteiger partial charge on any atom is 0.289 e. The van der Waals surface area contributed by atoms with Crippen molar-refractivity contribution >= 4 is 11.6 Å². The highest BCUT2D eigenvalue weighted by atomic mass is 16.2. The molecule has 2 aromatic carbocycles. The molecule has 0 saturated carbocycles. The fourth-order valence-corrected chi connectivity index (χ4v) is 2.74. The van der Waals surface area contributed by atoms with Crippen LogP contribution in [0.15, 0.2) is 84.5 Å². The summed E-state index contributed by atoms with van der Waals surface area (Å²) in [6.45, 7) is 1.84. The number of imidazole rings is 1. The van der Waals surface area contributed by atoms with E-state index in [4.69, 9.17) is 0 Å². The summed E-state index contributed by atoms with van der Waals surface area (Å²) in [6.07, 6.45) is 5.35. The second-order valence-corrected chi connectivity index (χ2v) is 6.19. The largest absolute Gasteiger partial charge is 0.306 e. The molecule has 138 valence electrons. The Bertz CT molecular complexity index is 1100. The van der Waals surface area contributed by atoms with E-state index in [9.17, 15) is 4.79 Å². The van der Waals surface area contributed by atoms with Gasteiger partial charge in [-0.2, -0.15) is 10.2 Å². The standard InChI is InChI=1S/C21H18N6O/c1-15(16-7-9-18(10-8-16)27-12-11-22-14-27)23-26-21(28)20-13-19(24-25-20)17-5-3-2-4-6-17/h2-14H,1H3,(H,24,25)(H,26,28)/b23-15-. The summed E-state index contributed by atoms with van der Waals surface area (Å²) < 4.78 is 1.92. The fourth-order valence-electron chi connectivity index (χ4n) is 2.74. The first-order valence-electron chi connectivity index (χ1n) is 8.75. The first kappa shape index (κ1) is 17.4. The molecule has 0 aliphatic heterocycles. The Morgan fingerprint density at radius 2 is 1.89 bits per heavy atom. The normalized spacial score (nSPS) is 11.4. The highest BCUT2D eigenvalue weighted by molar-refractivity contribution is 6.00. The Morgan fingerprint density at radius 1 is 1.11 bits per heavy atom. The molecule has 28 heavy (non-hydrogen) atoms. The van der Waals surface area contributed by atoms with Crippen LogP contribution in [0.5, 0.6) is 0 Å². The van der Waals surface area contributed by atoms with E-state index in [1.165, 1.54) is 0 Å². The molecule has 0 radical (unpaired) electrons. The zero-order valence-electron chi connectivity index (χ0n) is 15.2. The zero-order valence-corrected chi connectivity index (χ0v) is 15.2. The molecule has 7 nitrogen and oxygen atoms in total. The lowest BCUT2D eigenvalue weighted by Gasteiger charge is -2.05. The molecule has 0 bridgehead atoms. The lowest BCUT2D eigenvalue weighted by molar-refractivity contribution is 0.0950. The smallest absolute Gasteiger partial charge is 0.289 e. The first-order chi connectivity index (χ1) is 13.7. The van der Waals surface area contributed by atoms with Crippen LogP contribution in [0.1, 0.15) is 23.0 Å². The number of hydrogen-bond donors (Lipinski definition) is 2. The van der Waals surface area contributed by atoms with Crippen molar-refractivity contribution in [2.24, 2.45) is 5.10 Å². The van der Waals surface area contributed by atoms with Gasteiger partial charge in [0, 0.05) is 23.6 Å². The van der Waals surface area contributed by atoms with Gasteiger partial charge in [-0.3, -0.25) is 9.89 Å². The second-order valence-electron chi connectivity index (χ2n) is 6.19. The predicted molar refractivity (Wildman–Crippen MR) is 107 cm³/mol. The van der Waals surface area contributed by atoms with E-state index in [2.05, 4.69) is 25.7 Å². The second kappa shape index (κ2) is 7.71. The SMILES string of the molecule is C/C(=N/NC(=O)c1cc(-c2ccccc2)n[nH]1)c1ccc(-n2ccnc2)cc1. The third kappa shape index (κ3) is 3.73. The monoisotopic (exact) mass is 370 g/mol. The van der Waals surface area contributed by atoms with Crippen molar-refractivity contribution in [2.75, 3.05) is 0 Å². The first-order valence-corrected chi connectivity index (χ1v) is 8.75. The molecule has 1 amide bonds. The van der Waals surface area contributed by atoms with Crippen molar-refractivity contribution in [3.8, 4) is 16.9 Å². The van der Waals surface area contributed by atoms with E-state index in [1.54, 1.807) is 18.6 Å². The van der Waals surface area contributed by atoms with Gasteiger partial charge in [0.1, 0.15) is 5.69 Å². The molecule has 2 aromatic heterocycles. The lowest BCUT2D eigenvalue weighted by atomic mass is 10.1. The van der Waals surface area contributed by atoms with Crippen molar-refractivity contribution in [3.05, 3.63) is 90.6 Å². The average Bonchev–Trinajstić information content (AvgIpc) is 3.45. The van der Waals surface area contributed by atoms with Crippen LogP contribution in [-0.2, 0) is 0 Å². The van der Waals surface area contributed by atoms with E-state index in [0.717, 1.165) is 16.8 Å². The number of benzene rings is 2. The summed E-state index contributed by atoms with van der Waals surface area (Å²) in [5.74, 6) is -0.343. The summed E-state index contributed by atoms with van der Waals surface area (Å²) >= 11 is 0. The maximum atomic E-state index is 12.3. The summed E-state index contributed by atoms with van der Waals surface area (Å²) in [5.41, 5.74) is 7.19. The van der Waals surface area contributed by atoms with Crippen LogP contribution < -0.4 is 5.43 Å². The molecule has 0 spiro atoms.